The number of likely N-dealkylation sites (tertiary alicyclic amines) is 1. The maximum absolute atomic E-state index is 12.8. The number of amides is 2. The Kier molecular flexibility index (Phi) is 4.66. The van der Waals surface area contributed by atoms with Gasteiger partial charge in [-0.3, -0.25) is 9.59 Å². The Hall–Kier alpha value is -1.43. The molecule has 1 unspecified atom stereocenters. The van der Waals surface area contributed by atoms with Crippen molar-refractivity contribution in [3.63, 3.8) is 0 Å². The molecule has 1 saturated heterocycles. The highest BCUT2D eigenvalue weighted by Gasteiger charge is 2.32. The lowest BCUT2D eigenvalue weighted by Crippen LogP contribution is -2.34. The van der Waals surface area contributed by atoms with Gasteiger partial charge in [-0.15, -0.1) is 11.3 Å². The monoisotopic (exact) mass is 309 g/mol. The van der Waals surface area contributed by atoms with Gasteiger partial charge in [0.2, 0.25) is 0 Å². The Labute approximate surface area is 129 Å². The molecule has 5 nitrogen and oxygen atoms in total. The molecule has 0 aliphatic carbocycles. The average Bonchev–Trinajstić information content (AvgIpc) is 3.03. The van der Waals surface area contributed by atoms with Crippen molar-refractivity contribution in [2.75, 3.05) is 6.54 Å². The third-order valence-electron chi connectivity index (χ3n) is 4.29. The van der Waals surface area contributed by atoms with Crippen LogP contribution in [-0.2, 0) is 0 Å². The Morgan fingerprint density at radius 2 is 2.05 bits per heavy atom. The maximum Gasteiger partial charge on any atom is 0.277 e. The van der Waals surface area contributed by atoms with Crippen molar-refractivity contribution in [3.05, 3.63) is 15.6 Å². The second kappa shape index (κ2) is 6.13. The number of carbonyl (C=O) groups excluding carboxylic acids is 2. The van der Waals surface area contributed by atoms with Crippen molar-refractivity contribution in [3.8, 4) is 0 Å². The third kappa shape index (κ3) is 3.10. The third-order valence-corrected chi connectivity index (χ3v) is 5.57. The number of rotatable bonds is 4. The smallest absolute Gasteiger partial charge is 0.277 e. The molecule has 21 heavy (non-hydrogen) atoms. The van der Waals surface area contributed by atoms with Crippen molar-refractivity contribution in [1.29, 1.82) is 0 Å². The number of hydrogen-bond acceptors (Lipinski definition) is 4. The number of hydrogen-bond donors (Lipinski definition) is 1. The molecule has 1 aromatic rings. The zero-order valence-corrected chi connectivity index (χ0v) is 13.9. The minimum Gasteiger partial charge on any atom is -0.364 e. The fourth-order valence-electron chi connectivity index (χ4n) is 2.57. The summed E-state index contributed by atoms with van der Waals surface area (Å²) in [6.45, 7) is 9.08. The molecule has 6 heteroatoms. The first-order valence-electron chi connectivity index (χ1n) is 7.44. The van der Waals surface area contributed by atoms with E-state index in [1.54, 1.807) is 0 Å². The minimum absolute atomic E-state index is 0.0637. The maximum atomic E-state index is 12.8. The number of primary amides is 1. The van der Waals surface area contributed by atoms with E-state index in [1.165, 1.54) is 11.3 Å². The molecule has 1 aliphatic rings. The summed E-state index contributed by atoms with van der Waals surface area (Å²) in [7, 11) is 0. The van der Waals surface area contributed by atoms with Crippen LogP contribution in [0, 0.1) is 5.92 Å². The van der Waals surface area contributed by atoms with Gasteiger partial charge >= 0.3 is 0 Å². The highest BCUT2D eigenvalue weighted by molar-refractivity contribution is 7.14. The molecule has 2 N–H and O–H groups in total. The first-order valence-corrected chi connectivity index (χ1v) is 8.26. The second-order valence-electron chi connectivity index (χ2n) is 6.12. The molecule has 2 rings (SSSR count). The Morgan fingerprint density at radius 3 is 2.52 bits per heavy atom. The molecule has 2 atom stereocenters. The molecule has 1 aliphatic heterocycles. The topological polar surface area (TPSA) is 76.3 Å². The molecule has 116 valence electrons. The van der Waals surface area contributed by atoms with Crippen LogP contribution in [-0.4, -0.2) is 34.3 Å². The summed E-state index contributed by atoms with van der Waals surface area (Å²) in [5.74, 6) is -0.0850. The van der Waals surface area contributed by atoms with E-state index < -0.39 is 5.91 Å². The van der Waals surface area contributed by atoms with Gasteiger partial charge in [0, 0.05) is 17.5 Å². The van der Waals surface area contributed by atoms with E-state index in [4.69, 9.17) is 5.73 Å². The molecule has 0 spiro atoms. The summed E-state index contributed by atoms with van der Waals surface area (Å²) >= 11 is 1.26. The van der Waals surface area contributed by atoms with Crippen LogP contribution in [0.25, 0.3) is 0 Å². The Balaban J connectivity index is 2.41. The molecular weight excluding hydrogens is 286 g/mol. The van der Waals surface area contributed by atoms with Gasteiger partial charge in [-0.25, -0.2) is 4.98 Å². The summed E-state index contributed by atoms with van der Waals surface area (Å²) in [6, 6.07) is 0.235. The summed E-state index contributed by atoms with van der Waals surface area (Å²) in [5, 5.41) is 0.229. The van der Waals surface area contributed by atoms with Crippen LogP contribution in [0.5, 0.6) is 0 Å². The van der Waals surface area contributed by atoms with E-state index in [-0.39, 0.29) is 22.9 Å². The molecule has 2 heterocycles. The number of nitrogens with zero attached hydrogens (tertiary/aromatic N) is 2. The van der Waals surface area contributed by atoms with Crippen LogP contribution in [0.3, 0.4) is 0 Å². The minimum atomic E-state index is -0.564. The number of aromatic nitrogens is 1. The molecular formula is C15H23N3O2S. The Morgan fingerprint density at radius 1 is 1.38 bits per heavy atom. The van der Waals surface area contributed by atoms with Crippen molar-refractivity contribution < 1.29 is 9.59 Å². The molecule has 1 aromatic heterocycles. The summed E-state index contributed by atoms with van der Waals surface area (Å²) in [4.78, 5) is 31.2. The van der Waals surface area contributed by atoms with Crippen LogP contribution in [0.4, 0.5) is 0 Å². The van der Waals surface area contributed by atoms with E-state index >= 15 is 0 Å². The lowest BCUT2D eigenvalue weighted by molar-refractivity contribution is 0.0740. The van der Waals surface area contributed by atoms with E-state index in [1.807, 2.05) is 4.90 Å². The SMILES string of the molecule is CC(C)C(C)c1sc(C(N)=O)nc1C(=O)N1CCC[C@@H]1C. The highest BCUT2D eigenvalue weighted by Crippen LogP contribution is 2.33. The second-order valence-corrected chi connectivity index (χ2v) is 7.15. The van der Waals surface area contributed by atoms with Gasteiger partial charge < -0.3 is 10.6 Å². The zero-order chi connectivity index (χ0) is 15.7. The first-order chi connectivity index (χ1) is 9.82. The van der Waals surface area contributed by atoms with Crippen molar-refractivity contribution in [1.82, 2.24) is 9.88 Å². The van der Waals surface area contributed by atoms with Crippen LogP contribution in [0.15, 0.2) is 0 Å². The van der Waals surface area contributed by atoms with Crippen LogP contribution >= 0.6 is 11.3 Å². The molecule has 2 amide bonds. The van der Waals surface area contributed by atoms with Crippen molar-refractivity contribution in [2.45, 2.75) is 52.5 Å². The van der Waals surface area contributed by atoms with E-state index in [9.17, 15) is 9.59 Å². The lowest BCUT2D eigenvalue weighted by Gasteiger charge is -2.22. The lowest BCUT2D eigenvalue weighted by atomic mass is 9.95. The fourth-order valence-corrected chi connectivity index (χ4v) is 3.71. The molecule has 0 aromatic carbocycles. The van der Waals surface area contributed by atoms with Gasteiger partial charge in [-0.05, 0) is 31.6 Å². The standard InChI is InChI=1S/C15H23N3O2S/c1-8(2)10(4)12-11(17-14(21-12)13(16)19)15(20)18-7-5-6-9(18)3/h8-10H,5-7H2,1-4H3,(H2,16,19)/t9-,10?/m0/s1. The zero-order valence-electron chi connectivity index (χ0n) is 13.0. The van der Waals surface area contributed by atoms with Gasteiger partial charge in [-0.1, -0.05) is 20.8 Å². The van der Waals surface area contributed by atoms with Crippen LogP contribution in [0.2, 0.25) is 0 Å². The number of thiazole rings is 1. The normalized spacial score (nSPS) is 20.0. The average molecular weight is 309 g/mol. The van der Waals surface area contributed by atoms with E-state index in [0.717, 1.165) is 24.3 Å². The quantitative estimate of drug-likeness (QED) is 0.929. The van der Waals surface area contributed by atoms with Gasteiger partial charge in [0.25, 0.3) is 11.8 Å². The molecule has 0 bridgehead atoms. The van der Waals surface area contributed by atoms with Gasteiger partial charge in [0.15, 0.2) is 5.01 Å². The molecule has 0 saturated carbocycles. The van der Waals surface area contributed by atoms with Crippen LogP contribution in [0.1, 0.15) is 71.6 Å². The first kappa shape index (κ1) is 15.9. The summed E-state index contributed by atoms with van der Waals surface area (Å²) < 4.78 is 0. The largest absolute Gasteiger partial charge is 0.364 e. The molecule has 1 fully saturated rings. The van der Waals surface area contributed by atoms with E-state index in [2.05, 4.69) is 32.7 Å². The highest BCUT2D eigenvalue weighted by atomic mass is 32.1. The summed E-state index contributed by atoms with van der Waals surface area (Å²) in [5.41, 5.74) is 5.76. The van der Waals surface area contributed by atoms with Gasteiger partial charge in [-0.2, -0.15) is 0 Å². The van der Waals surface area contributed by atoms with Crippen molar-refractivity contribution >= 4 is 23.2 Å². The number of nitrogens with two attached hydrogens (primary N) is 1. The Bertz CT molecular complexity index is 553. The van der Waals surface area contributed by atoms with Crippen molar-refractivity contribution in [2.24, 2.45) is 11.7 Å². The van der Waals surface area contributed by atoms with Crippen LogP contribution < -0.4 is 5.73 Å². The predicted molar refractivity (Wildman–Crippen MR) is 83.6 cm³/mol. The molecule has 0 radical (unpaired) electrons. The fraction of sp³-hybridized carbons (Fsp3) is 0.667. The van der Waals surface area contributed by atoms with E-state index in [0.29, 0.717) is 11.6 Å². The predicted octanol–water partition coefficient (Wildman–Crippen LogP) is 2.63. The summed E-state index contributed by atoms with van der Waals surface area (Å²) in [6.07, 6.45) is 2.04. The number of carbonyl (C=O) groups is 2. The van der Waals surface area contributed by atoms with Gasteiger partial charge in [0.05, 0.1) is 0 Å². The van der Waals surface area contributed by atoms with Gasteiger partial charge in [0.1, 0.15) is 5.69 Å².